The summed E-state index contributed by atoms with van der Waals surface area (Å²) in [6, 6.07) is 14.5. The van der Waals surface area contributed by atoms with Crippen LogP contribution < -0.4 is 0 Å². The minimum absolute atomic E-state index is 0.0309. The largest absolute Gasteiger partial charge is 0.468 e. The lowest BCUT2D eigenvalue weighted by atomic mass is 10.0. The molecule has 5 nitrogen and oxygen atoms in total. The molecule has 6 heteroatoms. The van der Waals surface area contributed by atoms with E-state index in [-0.39, 0.29) is 11.9 Å². The van der Waals surface area contributed by atoms with Crippen LogP contribution in [-0.4, -0.2) is 55.0 Å². The molecule has 0 radical (unpaired) electrons. The zero-order chi connectivity index (χ0) is 20.1. The Hall–Kier alpha value is -2.37. The first-order valence-electron chi connectivity index (χ1n) is 9.49. The number of nitrogens with zero attached hydrogens (tertiary/aromatic N) is 2. The first-order chi connectivity index (χ1) is 13.5. The highest BCUT2D eigenvalue weighted by Gasteiger charge is 2.32. The minimum atomic E-state index is -0.497. The van der Waals surface area contributed by atoms with Crippen molar-refractivity contribution >= 4 is 23.5 Å². The average molecular weight is 401 g/mol. The summed E-state index contributed by atoms with van der Waals surface area (Å²) in [5, 5.41) is 0.622. The monoisotopic (exact) mass is 400 g/mol. The van der Waals surface area contributed by atoms with E-state index < -0.39 is 6.04 Å². The Morgan fingerprint density at radius 1 is 1.00 bits per heavy atom. The van der Waals surface area contributed by atoms with E-state index in [1.807, 2.05) is 41.3 Å². The molecule has 1 unspecified atom stereocenters. The third-order valence-corrected chi connectivity index (χ3v) is 5.44. The second-order valence-corrected chi connectivity index (χ2v) is 7.29. The summed E-state index contributed by atoms with van der Waals surface area (Å²) < 4.78 is 5.02. The number of methoxy groups -OCH3 is 1. The molecule has 1 fully saturated rings. The van der Waals surface area contributed by atoms with E-state index in [2.05, 4.69) is 11.8 Å². The first kappa shape index (κ1) is 20.4. The Labute approximate surface area is 170 Å². The molecule has 2 aromatic rings. The molecular formula is C22H25ClN2O3. The van der Waals surface area contributed by atoms with Crippen molar-refractivity contribution in [1.82, 2.24) is 9.80 Å². The SMILES string of the molecule is CCc1ccc(C(=O)N2CCN(C(C(=O)OC)c3ccc(Cl)cc3)CC2)cc1. The van der Waals surface area contributed by atoms with Crippen LogP contribution in [0.2, 0.25) is 5.02 Å². The fourth-order valence-corrected chi connectivity index (χ4v) is 3.63. The van der Waals surface area contributed by atoms with E-state index in [1.165, 1.54) is 12.7 Å². The molecule has 0 aromatic heterocycles. The quantitative estimate of drug-likeness (QED) is 0.720. The molecule has 0 saturated carbocycles. The number of hydrogen-bond acceptors (Lipinski definition) is 4. The van der Waals surface area contributed by atoms with Crippen LogP contribution in [0.25, 0.3) is 0 Å². The number of hydrogen-bond donors (Lipinski definition) is 0. The Morgan fingerprint density at radius 2 is 1.61 bits per heavy atom. The highest BCUT2D eigenvalue weighted by Crippen LogP contribution is 2.25. The van der Waals surface area contributed by atoms with Gasteiger partial charge in [-0.05, 0) is 41.8 Å². The summed E-state index contributed by atoms with van der Waals surface area (Å²) in [5.41, 5.74) is 2.75. The van der Waals surface area contributed by atoms with E-state index in [0.717, 1.165) is 12.0 Å². The van der Waals surface area contributed by atoms with Crippen molar-refractivity contribution in [3.8, 4) is 0 Å². The summed E-state index contributed by atoms with van der Waals surface area (Å²) >= 11 is 5.97. The van der Waals surface area contributed by atoms with Crippen molar-refractivity contribution in [2.24, 2.45) is 0 Å². The van der Waals surface area contributed by atoms with Gasteiger partial charge in [0.15, 0.2) is 0 Å². The number of carbonyl (C=O) groups is 2. The smallest absolute Gasteiger partial charge is 0.327 e. The van der Waals surface area contributed by atoms with Crippen LogP contribution in [0.3, 0.4) is 0 Å². The lowest BCUT2D eigenvalue weighted by Gasteiger charge is -2.38. The molecule has 1 saturated heterocycles. The molecule has 1 heterocycles. The summed E-state index contributed by atoms with van der Waals surface area (Å²) in [5.74, 6) is -0.277. The molecule has 1 aliphatic heterocycles. The molecule has 28 heavy (non-hydrogen) atoms. The predicted octanol–water partition coefficient (Wildman–Crippen LogP) is 3.57. The summed E-state index contributed by atoms with van der Waals surface area (Å²) in [7, 11) is 1.39. The maximum atomic E-state index is 12.8. The molecule has 1 aliphatic rings. The number of amides is 1. The number of piperazine rings is 1. The van der Waals surface area contributed by atoms with Crippen molar-refractivity contribution in [1.29, 1.82) is 0 Å². The van der Waals surface area contributed by atoms with Gasteiger partial charge >= 0.3 is 5.97 Å². The lowest BCUT2D eigenvalue weighted by molar-refractivity contribution is -0.148. The molecule has 3 rings (SSSR count). The maximum Gasteiger partial charge on any atom is 0.327 e. The highest BCUT2D eigenvalue weighted by atomic mass is 35.5. The van der Waals surface area contributed by atoms with E-state index >= 15 is 0 Å². The van der Waals surface area contributed by atoms with Gasteiger partial charge in [-0.2, -0.15) is 0 Å². The van der Waals surface area contributed by atoms with Gasteiger partial charge in [0.2, 0.25) is 0 Å². The standard InChI is InChI=1S/C22H25ClN2O3/c1-3-16-4-6-18(7-5-16)21(26)25-14-12-24(13-15-25)20(22(27)28-2)17-8-10-19(23)11-9-17/h4-11,20H,3,12-15H2,1-2H3. The molecule has 0 aliphatic carbocycles. The van der Waals surface area contributed by atoms with Crippen LogP contribution in [-0.2, 0) is 16.0 Å². The Bertz CT molecular complexity index is 813. The first-order valence-corrected chi connectivity index (χ1v) is 9.87. The number of halogens is 1. The number of esters is 1. The molecule has 1 atom stereocenters. The number of benzene rings is 2. The van der Waals surface area contributed by atoms with Crippen LogP contribution in [0, 0.1) is 0 Å². The van der Waals surface area contributed by atoms with Crippen LogP contribution in [0.4, 0.5) is 0 Å². The second kappa shape index (κ2) is 9.22. The average Bonchev–Trinajstić information content (AvgIpc) is 2.75. The van der Waals surface area contributed by atoms with E-state index in [4.69, 9.17) is 16.3 Å². The molecule has 1 amide bonds. The van der Waals surface area contributed by atoms with E-state index in [0.29, 0.717) is 36.8 Å². The van der Waals surface area contributed by atoms with Crippen molar-refractivity contribution in [3.05, 3.63) is 70.2 Å². The van der Waals surface area contributed by atoms with E-state index in [1.54, 1.807) is 12.1 Å². The summed E-state index contributed by atoms with van der Waals surface area (Å²) in [6.07, 6.45) is 0.951. The number of aryl methyl sites for hydroxylation is 1. The zero-order valence-corrected chi connectivity index (χ0v) is 17.0. The van der Waals surface area contributed by atoms with Gasteiger partial charge in [-0.1, -0.05) is 42.8 Å². The van der Waals surface area contributed by atoms with Crippen LogP contribution >= 0.6 is 11.6 Å². The van der Waals surface area contributed by atoms with Crippen molar-refractivity contribution in [2.75, 3.05) is 33.3 Å². The Kier molecular flexibility index (Phi) is 6.70. The molecule has 0 N–H and O–H groups in total. The number of rotatable bonds is 5. The third-order valence-electron chi connectivity index (χ3n) is 5.19. The van der Waals surface area contributed by atoms with Gasteiger partial charge in [-0.15, -0.1) is 0 Å². The highest BCUT2D eigenvalue weighted by molar-refractivity contribution is 6.30. The fourth-order valence-electron chi connectivity index (χ4n) is 3.50. The van der Waals surface area contributed by atoms with Gasteiger partial charge in [0.1, 0.15) is 6.04 Å². The van der Waals surface area contributed by atoms with Crippen LogP contribution in [0.15, 0.2) is 48.5 Å². The fraction of sp³-hybridized carbons (Fsp3) is 0.364. The summed E-state index contributed by atoms with van der Waals surface area (Å²) in [4.78, 5) is 29.1. The van der Waals surface area contributed by atoms with Gasteiger partial charge in [0.05, 0.1) is 7.11 Å². The minimum Gasteiger partial charge on any atom is -0.468 e. The Morgan fingerprint density at radius 3 is 2.14 bits per heavy atom. The van der Waals surface area contributed by atoms with Gasteiger partial charge in [0, 0.05) is 36.8 Å². The molecule has 0 spiro atoms. The van der Waals surface area contributed by atoms with Crippen LogP contribution in [0.1, 0.15) is 34.5 Å². The molecule has 0 bridgehead atoms. The van der Waals surface area contributed by atoms with Gasteiger partial charge in [0.25, 0.3) is 5.91 Å². The summed E-state index contributed by atoms with van der Waals surface area (Å²) in [6.45, 7) is 4.42. The second-order valence-electron chi connectivity index (χ2n) is 6.86. The Balaban J connectivity index is 1.68. The maximum absolute atomic E-state index is 12.8. The molecular weight excluding hydrogens is 376 g/mol. The van der Waals surface area contributed by atoms with Crippen LogP contribution in [0.5, 0.6) is 0 Å². The topological polar surface area (TPSA) is 49.9 Å². The zero-order valence-electron chi connectivity index (χ0n) is 16.2. The van der Waals surface area contributed by atoms with Crippen molar-refractivity contribution in [3.63, 3.8) is 0 Å². The van der Waals surface area contributed by atoms with E-state index in [9.17, 15) is 9.59 Å². The number of carbonyl (C=O) groups excluding carboxylic acids is 2. The normalized spacial score (nSPS) is 15.9. The van der Waals surface area contributed by atoms with Crippen molar-refractivity contribution < 1.29 is 14.3 Å². The molecule has 148 valence electrons. The lowest BCUT2D eigenvalue weighted by Crippen LogP contribution is -2.51. The van der Waals surface area contributed by atoms with Gasteiger partial charge < -0.3 is 9.64 Å². The predicted molar refractivity (Wildman–Crippen MR) is 110 cm³/mol. The van der Waals surface area contributed by atoms with Crippen molar-refractivity contribution in [2.45, 2.75) is 19.4 Å². The number of ether oxygens (including phenoxy) is 1. The van der Waals surface area contributed by atoms with Gasteiger partial charge in [-0.3, -0.25) is 9.69 Å². The third kappa shape index (κ3) is 4.54. The van der Waals surface area contributed by atoms with Gasteiger partial charge in [-0.25, -0.2) is 4.79 Å². The molecule has 2 aromatic carbocycles.